The number of aliphatic hydroxyl groups excluding tert-OH is 1. The number of nitrogens with zero attached hydrogens (tertiary/aromatic N) is 2. The highest BCUT2D eigenvalue weighted by Gasteiger charge is 2.38. The first kappa shape index (κ1) is 25.5. The van der Waals surface area contributed by atoms with Crippen LogP contribution < -0.4 is 4.74 Å². The minimum atomic E-state index is -3.87. The Hall–Kier alpha value is -1.63. The number of aliphatic hydroxyl groups is 2. The van der Waals surface area contributed by atoms with Crippen molar-refractivity contribution < 1.29 is 23.4 Å². The lowest BCUT2D eigenvalue weighted by molar-refractivity contribution is 0.0740. The molecule has 7 nitrogen and oxygen atoms in total. The van der Waals surface area contributed by atoms with Crippen molar-refractivity contribution in [2.75, 3.05) is 33.3 Å². The van der Waals surface area contributed by atoms with Gasteiger partial charge in [0.05, 0.1) is 6.61 Å². The maximum absolute atomic E-state index is 13.6. The van der Waals surface area contributed by atoms with Crippen molar-refractivity contribution in [2.24, 2.45) is 11.8 Å². The van der Waals surface area contributed by atoms with E-state index < -0.39 is 21.7 Å². The zero-order valence-corrected chi connectivity index (χ0v) is 21.4. The molecule has 2 N–H and O–H groups in total. The number of hydrogen-bond acceptors (Lipinski definition) is 6. The van der Waals surface area contributed by atoms with Crippen molar-refractivity contribution in [3.05, 3.63) is 23.8 Å². The summed E-state index contributed by atoms with van der Waals surface area (Å²) in [6.07, 6.45) is 5.57. The van der Waals surface area contributed by atoms with Crippen LogP contribution in [0.5, 0.6) is 5.75 Å². The lowest BCUT2D eigenvalue weighted by Gasteiger charge is -2.37. The van der Waals surface area contributed by atoms with Gasteiger partial charge in [-0.25, -0.2) is 8.42 Å². The van der Waals surface area contributed by atoms with Crippen LogP contribution in [0.4, 0.5) is 0 Å². The van der Waals surface area contributed by atoms with Gasteiger partial charge in [-0.1, -0.05) is 18.8 Å². The zero-order valence-electron chi connectivity index (χ0n) is 20.5. The second kappa shape index (κ2) is 10.2. The van der Waals surface area contributed by atoms with Gasteiger partial charge in [0, 0.05) is 37.2 Å². The van der Waals surface area contributed by atoms with Crippen molar-refractivity contribution in [1.29, 1.82) is 0 Å². The van der Waals surface area contributed by atoms with E-state index in [0.29, 0.717) is 24.9 Å². The Kier molecular flexibility index (Phi) is 7.61. The summed E-state index contributed by atoms with van der Waals surface area (Å²) in [4.78, 5) is 2.37. The van der Waals surface area contributed by atoms with Crippen LogP contribution >= 0.6 is 0 Å². The van der Waals surface area contributed by atoms with E-state index in [0.717, 1.165) is 25.3 Å². The molecule has 0 amide bonds. The minimum absolute atomic E-state index is 0.0764. The molecule has 1 heterocycles. The third-order valence-corrected chi connectivity index (χ3v) is 9.32. The van der Waals surface area contributed by atoms with Crippen LogP contribution in [0.15, 0.2) is 23.1 Å². The number of fused-ring (bicyclic) bond motifs is 1. The molecule has 0 saturated heterocycles. The normalized spacial score (nSPS) is 27.1. The Balaban J connectivity index is 1.69. The summed E-state index contributed by atoms with van der Waals surface area (Å²) in [6.45, 7) is 5.46. The van der Waals surface area contributed by atoms with Gasteiger partial charge in [-0.2, -0.15) is 4.31 Å². The van der Waals surface area contributed by atoms with Gasteiger partial charge in [0.2, 0.25) is 10.0 Å². The van der Waals surface area contributed by atoms with E-state index in [2.05, 4.69) is 23.8 Å². The second-order valence-electron chi connectivity index (χ2n) is 10.6. The standard InChI is InChI=1S/C26H38N2O5S/c1-19-15-28(20(2)18-29)34(31,32)25-9-8-21(10-13-26(30)11-4-5-12-26)14-23(25)33-24(19)17-27(3)16-22-6-7-22/h8-9,14,19-20,22,24,29-30H,4-7,11-12,15-18H2,1-3H3/t19-,20-,24+/m0/s1. The first-order valence-electron chi connectivity index (χ1n) is 12.5. The number of sulfonamides is 1. The SMILES string of the molecule is C[C@H]1CN([C@@H](C)CO)S(=O)(=O)c2ccc(C#CC3(O)CCCC3)cc2O[C@@H]1CN(C)CC1CC1. The van der Waals surface area contributed by atoms with Crippen molar-refractivity contribution in [3.63, 3.8) is 0 Å². The lowest BCUT2D eigenvalue weighted by Crippen LogP contribution is -2.49. The third kappa shape index (κ3) is 5.77. The molecule has 1 aliphatic heterocycles. The van der Waals surface area contributed by atoms with Crippen LogP contribution in [-0.2, 0) is 10.0 Å². The van der Waals surface area contributed by atoms with Crippen molar-refractivity contribution in [1.82, 2.24) is 9.21 Å². The maximum atomic E-state index is 13.6. The van der Waals surface area contributed by atoms with E-state index in [9.17, 15) is 18.6 Å². The molecule has 0 unspecified atom stereocenters. The van der Waals surface area contributed by atoms with Crippen LogP contribution in [0, 0.1) is 23.7 Å². The Morgan fingerprint density at radius 2 is 1.97 bits per heavy atom. The topological polar surface area (TPSA) is 90.3 Å². The Morgan fingerprint density at radius 1 is 1.26 bits per heavy atom. The molecule has 8 heteroatoms. The monoisotopic (exact) mass is 490 g/mol. The van der Waals surface area contributed by atoms with E-state index >= 15 is 0 Å². The van der Waals surface area contributed by atoms with E-state index in [4.69, 9.17) is 4.74 Å². The van der Waals surface area contributed by atoms with Gasteiger partial charge >= 0.3 is 0 Å². The fraction of sp³-hybridized carbons (Fsp3) is 0.692. The molecule has 0 radical (unpaired) electrons. The number of rotatable bonds is 6. The molecule has 4 rings (SSSR count). The minimum Gasteiger partial charge on any atom is -0.487 e. The predicted octanol–water partition coefficient (Wildman–Crippen LogP) is 2.45. The zero-order chi connectivity index (χ0) is 24.5. The summed E-state index contributed by atoms with van der Waals surface area (Å²) in [5.41, 5.74) is -0.345. The first-order valence-corrected chi connectivity index (χ1v) is 13.9. The highest BCUT2D eigenvalue weighted by molar-refractivity contribution is 7.89. The lowest BCUT2D eigenvalue weighted by atomic mass is 10.0. The number of benzene rings is 1. The number of hydrogen-bond donors (Lipinski definition) is 2. The summed E-state index contributed by atoms with van der Waals surface area (Å²) in [6, 6.07) is 4.36. The molecule has 0 aromatic heterocycles. The smallest absolute Gasteiger partial charge is 0.247 e. The van der Waals surface area contributed by atoms with Gasteiger partial charge in [-0.3, -0.25) is 0 Å². The van der Waals surface area contributed by atoms with Gasteiger partial charge in [0.25, 0.3) is 0 Å². The molecule has 0 spiro atoms. The highest BCUT2D eigenvalue weighted by Crippen LogP contribution is 2.35. The van der Waals surface area contributed by atoms with Gasteiger partial charge in [0.1, 0.15) is 22.4 Å². The van der Waals surface area contributed by atoms with Gasteiger partial charge in [-0.05, 0) is 76.6 Å². The third-order valence-electron chi connectivity index (χ3n) is 7.30. The molecular formula is C26H38N2O5S. The maximum Gasteiger partial charge on any atom is 0.247 e. The molecule has 2 saturated carbocycles. The number of likely N-dealkylation sites (N-methyl/N-ethyl adjacent to an activating group) is 1. The molecule has 1 aromatic rings. The second-order valence-corrected chi connectivity index (χ2v) is 12.4. The van der Waals surface area contributed by atoms with Crippen LogP contribution in [0.25, 0.3) is 0 Å². The molecular weight excluding hydrogens is 452 g/mol. The van der Waals surface area contributed by atoms with Crippen LogP contribution in [0.1, 0.15) is 57.9 Å². The fourth-order valence-electron chi connectivity index (χ4n) is 4.92. The van der Waals surface area contributed by atoms with E-state index in [1.54, 1.807) is 25.1 Å². The molecule has 34 heavy (non-hydrogen) atoms. The average molecular weight is 491 g/mol. The molecule has 0 bridgehead atoms. The predicted molar refractivity (Wildman–Crippen MR) is 131 cm³/mol. The van der Waals surface area contributed by atoms with E-state index in [1.807, 2.05) is 6.92 Å². The fourth-order valence-corrected chi connectivity index (χ4v) is 6.74. The quantitative estimate of drug-likeness (QED) is 0.596. The average Bonchev–Trinajstić information content (AvgIpc) is 3.50. The molecule has 2 aliphatic carbocycles. The summed E-state index contributed by atoms with van der Waals surface area (Å²) in [5.74, 6) is 7.00. The summed E-state index contributed by atoms with van der Waals surface area (Å²) < 4.78 is 35.0. The first-order chi connectivity index (χ1) is 16.1. The summed E-state index contributed by atoms with van der Waals surface area (Å²) >= 11 is 0. The van der Waals surface area contributed by atoms with Crippen molar-refractivity contribution in [2.45, 2.75) is 75.0 Å². The largest absolute Gasteiger partial charge is 0.487 e. The van der Waals surface area contributed by atoms with Gasteiger partial charge in [0.15, 0.2) is 0 Å². The van der Waals surface area contributed by atoms with Gasteiger partial charge in [-0.15, -0.1) is 0 Å². The van der Waals surface area contributed by atoms with Crippen molar-refractivity contribution in [3.8, 4) is 17.6 Å². The summed E-state index contributed by atoms with van der Waals surface area (Å²) in [7, 11) is -1.78. The van der Waals surface area contributed by atoms with Crippen LogP contribution in [0.3, 0.4) is 0 Å². The molecule has 1 aromatic carbocycles. The summed E-state index contributed by atoms with van der Waals surface area (Å²) in [5, 5.41) is 20.4. The van der Waals surface area contributed by atoms with Gasteiger partial charge < -0.3 is 19.8 Å². The number of ether oxygens (including phenoxy) is 1. The molecule has 2 fully saturated rings. The Morgan fingerprint density at radius 3 is 2.62 bits per heavy atom. The van der Waals surface area contributed by atoms with E-state index in [1.165, 1.54) is 17.1 Å². The van der Waals surface area contributed by atoms with Crippen molar-refractivity contribution >= 4 is 10.0 Å². The molecule has 3 aliphatic rings. The highest BCUT2D eigenvalue weighted by atomic mass is 32.2. The molecule has 188 valence electrons. The van der Waals surface area contributed by atoms with E-state index in [-0.39, 0.29) is 35.8 Å². The van der Waals surface area contributed by atoms with Crippen LogP contribution in [0.2, 0.25) is 0 Å². The van der Waals surface area contributed by atoms with Crippen LogP contribution in [-0.4, -0.2) is 78.9 Å². The Bertz CT molecular complexity index is 1040. The Labute approximate surface area is 204 Å². The molecule has 3 atom stereocenters.